The topological polar surface area (TPSA) is 61.9 Å². The largest absolute Gasteiger partial charge is 0.450 e. The Labute approximate surface area is 129 Å². The van der Waals surface area contributed by atoms with Crippen LogP contribution in [0.5, 0.6) is 0 Å². The van der Waals surface area contributed by atoms with Crippen LogP contribution in [-0.2, 0) is 9.53 Å². The number of anilines is 2. The molecule has 6 heteroatoms. The highest BCUT2D eigenvalue weighted by Gasteiger charge is 2.46. The van der Waals surface area contributed by atoms with Crippen molar-refractivity contribution >= 4 is 23.4 Å². The molecule has 2 amide bonds. The van der Waals surface area contributed by atoms with Crippen molar-refractivity contribution in [1.82, 2.24) is 4.90 Å². The van der Waals surface area contributed by atoms with Gasteiger partial charge in [0.05, 0.1) is 24.5 Å². The van der Waals surface area contributed by atoms with Gasteiger partial charge in [-0.25, -0.2) is 4.79 Å². The summed E-state index contributed by atoms with van der Waals surface area (Å²) >= 11 is 0. The molecule has 1 saturated heterocycles. The number of nitrogens with one attached hydrogen (secondary N) is 1. The van der Waals surface area contributed by atoms with E-state index in [1.165, 1.54) is 5.56 Å². The van der Waals surface area contributed by atoms with Gasteiger partial charge < -0.3 is 19.9 Å². The first kappa shape index (κ1) is 13.4. The summed E-state index contributed by atoms with van der Waals surface area (Å²) in [5.41, 5.74) is 3.27. The molecule has 116 valence electrons. The molecule has 0 aromatic heterocycles. The molecule has 1 aromatic rings. The fourth-order valence-corrected chi connectivity index (χ4v) is 3.99. The van der Waals surface area contributed by atoms with Crippen LogP contribution in [0.15, 0.2) is 18.2 Å². The third-order valence-electron chi connectivity index (χ3n) is 4.84. The van der Waals surface area contributed by atoms with Gasteiger partial charge in [-0.05, 0) is 25.0 Å². The van der Waals surface area contributed by atoms with Crippen LogP contribution in [-0.4, -0.2) is 49.2 Å². The number of benzene rings is 1. The molecule has 3 aliphatic heterocycles. The zero-order valence-corrected chi connectivity index (χ0v) is 12.5. The van der Waals surface area contributed by atoms with Gasteiger partial charge in [0.1, 0.15) is 0 Å². The normalized spacial score (nSPS) is 25.4. The number of carbonyl (C=O) groups excluding carboxylic acids is 2. The van der Waals surface area contributed by atoms with Crippen molar-refractivity contribution in [2.45, 2.75) is 25.3 Å². The van der Waals surface area contributed by atoms with E-state index in [9.17, 15) is 9.59 Å². The predicted octanol–water partition coefficient (Wildman–Crippen LogP) is 1.77. The smallest absolute Gasteiger partial charge is 0.409 e. The van der Waals surface area contributed by atoms with Crippen LogP contribution in [0, 0.1) is 0 Å². The molecule has 3 heterocycles. The van der Waals surface area contributed by atoms with Crippen molar-refractivity contribution in [3.8, 4) is 0 Å². The first-order chi connectivity index (χ1) is 10.7. The minimum Gasteiger partial charge on any atom is -0.450 e. The van der Waals surface area contributed by atoms with Crippen molar-refractivity contribution in [2.75, 3.05) is 36.5 Å². The molecular formula is C16H19N3O3. The summed E-state index contributed by atoms with van der Waals surface area (Å²) in [5, 5.41) is 2.95. The van der Waals surface area contributed by atoms with E-state index in [1.807, 2.05) is 19.1 Å². The van der Waals surface area contributed by atoms with E-state index in [2.05, 4.69) is 16.3 Å². The Hall–Kier alpha value is -2.24. The van der Waals surface area contributed by atoms with Crippen LogP contribution in [0.4, 0.5) is 16.2 Å². The Bertz CT molecular complexity index is 646. The van der Waals surface area contributed by atoms with E-state index in [4.69, 9.17) is 4.74 Å². The number of para-hydroxylation sites is 1. The van der Waals surface area contributed by atoms with E-state index in [0.717, 1.165) is 17.8 Å². The van der Waals surface area contributed by atoms with Gasteiger partial charge in [0.2, 0.25) is 5.91 Å². The number of likely N-dealkylation sites (tertiary alicyclic amines) is 1. The second kappa shape index (κ2) is 4.90. The van der Waals surface area contributed by atoms with Crippen LogP contribution in [0.3, 0.4) is 0 Å². The van der Waals surface area contributed by atoms with E-state index >= 15 is 0 Å². The van der Waals surface area contributed by atoms with E-state index < -0.39 is 0 Å². The molecule has 4 rings (SSSR count). The molecule has 0 aliphatic carbocycles. The number of piperidine rings is 1. The second-order valence-corrected chi connectivity index (χ2v) is 6.03. The molecule has 3 aliphatic rings. The molecule has 2 atom stereocenters. The zero-order valence-electron chi connectivity index (χ0n) is 12.5. The lowest BCUT2D eigenvalue weighted by atomic mass is 9.89. The first-order valence-corrected chi connectivity index (χ1v) is 7.80. The van der Waals surface area contributed by atoms with Gasteiger partial charge in [0.25, 0.3) is 0 Å². The van der Waals surface area contributed by atoms with Gasteiger partial charge in [0.15, 0.2) is 0 Å². The monoisotopic (exact) mass is 301 g/mol. The summed E-state index contributed by atoms with van der Waals surface area (Å²) < 4.78 is 5.13. The average Bonchev–Trinajstić information content (AvgIpc) is 2.83. The zero-order chi connectivity index (χ0) is 15.3. The molecule has 6 nitrogen and oxygen atoms in total. The van der Waals surface area contributed by atoms with Gasteiger partial charge in [0, 0.05) is 25.0 Å². The Kier molecular flexibility index (Phi) is 2.99. The quantitative estimate of drug-likeness (QED) is 0.859. The standard InChI is InChI=1S/C16H19N3O3/c1-2-22-16(21)18-7-6-13-11(8-18)10-4-3-5-12-15(10)19(13)9-14(20)17-12/h3-5,11,13H,2,6-9H2,1H3,(H,17,20)/t11-,13+/m0/s1. The third-order valence-corrected chi connectivity index (χ3v) is 4.84. The molecule has 1 aromatic carbocycles. The van der Waals surface area contributed by atoms with Crippen molar-refractivity contribution in [3.05, 3.63) is 23.8 Å². The molecule has 1 N–H and O–H groups in total. The lowest BCUT2D eigenvalue weighted by Crippen LogP contribution is -2.50. The Balaban J connectivity index is 1.67. The van der Waals surface area contributed by atoms with Crippen molar-refractivity contribution in [1.29, 1.82) is 0 Å². The summed E-state index contributed by atoms with van der Waals surface area (Å²) in [5.74, 6) is 0.291. The molecular weight excluding hydrogens is 282 g/mol. The lowest BCUT2D eigenvalue weighted by molar-refractivity contribution is -0.115. The molecule has 0 radical (unpaired) electrons. The maximum Gasteiger partial charge on any atom is 0.409 e. The molecule has 0 bridgehead atoms. The molecule has 22 heavy (non-hydrogen) atoms. The van der Waals surface area contributed by atoms with Gasteiger partial charge >= 0.3 is 6.09 Å². The summed E-state index contributed by atoms with van der Waals surface area (Å²) in [7, 11) is 0. The molecule has 0 unspecified atom stereocenters. The van der Waals surface area contributed by atoms with Gasteiger partial charge in [-0.3, -0.25) is 4.79 Å². The number of hydrogen-bond acceptors (Lipinski definition) is 4. The number of amides is 2. The van der Waals surface area contributed by atoms with Crippen LogP contribution in [0.2, 0.25) is 0 Å². The number of fused-ring (bicyclic) bond motifs is 3. The van der Waals surface area contributed by atoms with Gasteiger partial charge in [-0.1, -0.05) is 12.1 Å². The number of ether oxygens (including phenoxy) is 1. The van der Waals surface area contributed by atoms with E-state index in [0.29, 0.717) is 32.3 Å². The van der Waals surface area contributed by atoms with Crippen molar-refractivity contribution < 1.29 is 14.3 Å². The lowest BCUT2D eigenvalue weighted by Gasteiger charge is -2.39. The summed E-state index contributed by atoms with van der Waals surface area (Å²) in [6.45, 7) is 3.97. The van der Waals surface area contributed by atoms with Crippen LogP contribution >= 0.6 is 0 Å². The highest BCUT2D eigenvalue weighted by atomic mass is 16.6. The SMILES string of the molecule is CCOC(=O)N1CC[C@@H]2[C@@H](C1)c1cccc3c1N2CC(=O)N3. The number of carbonyl (C=O) groups is 2. The van der Waals surface area contributed by atoms with Crippen molar-refractivity contribution in [2.24, 2.45) is 0 Å². The Morgan fingerprint density at radius 1 is 1.45 bits per heavy atom. The van der Waals surface area contributed by atoms with Crippen LogP contribution < -0.4 is 10.2 Å². The molecule has 0 spiro atoms. The Morgan fingerprint density at radius 3 is 3.14 bits per heavy atom. The Morgan fingerprint density at radius 2 is 2.32 bits per heavy atom. The maximum absolute atomic E-state index is 12.0. The van der Waals surface area contributed by atoms with Crippen LogP contribution in [0.25, 0.3) is 0 Å². The first-order valence-electron chi connectivity index (χ1n) is 7.80. The second-order valence-electron chi connectivity index (χ2n) is 6.03. The predicted molar refractivity (Wildman–Crippen MR) is 82.2 cm³/mol. The highest BCUT2D eigenvalue weighted by molar-refractivity contribution is 6.03. The van der Waals surface area contributed by atoms with Crippen molar-refractivity contribution in [3.63, 3.8) is 0 Å². The maximum atomic E-state index is 12.0. The number of nitrogens with zero attached hydrogens (tertiary/aromatic N) is 2. The third kappa shape index (κ3) is 1.86. The minimum absolute atomic E-state index is 0.0399. The molecule has 0 saturated carbocycles. The van der Waals surface area contributed by atoms with E-state index in [1.54, 1.807) is 4.90 Å². The average molecular weight is 301 g/mol. The number of hydrogen-bond donors (Lipinski definition) is 1. The van der Waals surface area contributed by atoms with Gasteiger partial charge in [-0.2, -0.15) is 0 Å². The van der Waals surface area contributed by atoms with Crippen LogP contribution in [0.1, 0.15) is 24.8 Å². The summed E-state index contributed by atoms with van der Waals surface area (Å²) in [6, 6.07) is 6.34. The van der Waals surface area contributed by atoms with E-state index in [-0.39, 0.29) is 17.9 Å². The molecule has 1 fully saturated rings. The minimum atomic E-state index is -0.235. The fourth-order valence-electron chi connectivity index (χ4n) is 3.99. The summed E-state index contributed by atoms with van der Waals surface area (Å²) in [4.78, 5) is 27.9. The highest BCUT2D eigenvalue weighted by Crippen LogP contribution is 2.49. The summed E-state index contributed by atoms with van der Waals surface area (Å²) in [6.07, 6.45) is 0.631. The fraction of sp³-hybridized carbons (Fsp3) is 0.500. The van der Waals surface area contributed by atoms with Gasteiger partial charge in [-0.15, -0.1) is 0 Å². The number of rotatable bonds is 1.